The van der Waals surface area contributed by atoms with Crippen molar-refractivity contribution in [2.45, 2.75) is 39.3 Å². The summed E-state index contributed by atoms with van der Waals surface area (Å²) < 4.78 is 1.70. The summed E-state index contributed by atoms with van der Waals surface area (Å²) in [5.41, 5.74) is 3.08. The van der Waals surface area contributed by atoms with Gasteiger partial charge in [0.2, 0.25) is 0 Å². The zero-order valence-electron chi connectivity index (χ0n) is 20.4. The largest absolute Gasteiger partial charge is 0.351 e. The van der Waals surface area contributed by atoms with E-state index in [1.165, 1.54) is 0 Å². The number of carbonyl (C=O) groups is 2. The van der Waals surface area contributed by atoms with Gasteiger partial charge in [0.05, 0.1) is 11.3 Å². The average molecular weight is 470 g/mol. The molecule has 0 fully saturated rings. The molecular weight excluding hydrogens is 438 g/mol. The first kappa shape index (κ1) is 24.1. The third-order valence-electron chi connectivity index (χ3n) is 6.28. The number of fused-ring (bicyclic) bond motifs is 1. The number of nitrogens with zero attached hydrogens (tertiary/aromatic N) is 4. The van der Waals surface area contributed by atoms with E-state index in [9.17, 15) is 9.59 Å². The predicted molar refractivity (Wildman–Crippen MR) is 137 cm³/mol. The number of nitrogens with one attached hydrogen (secondary N) is 1. The molecule has 2 amide bonds. The molecule has 0 aliphatic carbocycles. The Morgan fingerprint density at radius 2 is 1.80 bits per heavy atom. The highest BCUT2D eigenvalue weighted by atomic mass is 16.2. The van der Waals surface area contributed by atoms with Crippen LogP contribution in [0.5, 0.6) is 0 Å². The van der Waals surface area contributed by atoms with Gasteiger partial charge in [-0.15, -0.1) is 0 Å². The van der Waals surface area contributed by atoms with E-state index in [1.54, 1.807) is 28.0 Å². The quantitative estimate of drug-likeness (QED) is 0.397. The third-order valence-corrected chi connectivity index (χ3v) is 6.28. The number of hydrogen-bond donors (Lipinski definition) is 1. The molecule has 2 aromatic carbocycles. The van der Waals surface area contributed by atoms with Gasteiger partial charge in [0.1, 0.15) is 5.69 Å². The molecule has 7 nitrogen and oxygen atoms in total. The molecule has 0 spiro atoms. The SMILES string of the molecule is CCn1nc(C)cc1C(=O)NCC[C@H](Cc1ccccc1)N(C)C(=O)c1cncc2ccccc12. The maximum atomic E-state index is 13.6. The molecule has 4 rings (SSSR count). The zero-order valence-corrected chi connectivity index (χ0v) is 20.4. The van der Waals surface area contributed by atoms with Crippen molar-refractivity contribution in [3.8, 4) is 0 Å². The number of benzene rings is 2. The summed E-state index contributed by atoms with van der Waals surface area (Å²) in [6, 6.07) is 19.6. The van der Waals surface area contributed by atoms with Crippen LogP contribution in [0.2, 0.25) is 0 Å². The van der Waals surface area contributed by atoms with Crippen molar-refractivity contribution in [3.05, 3.63) is 95.6 Å². The van der Waals surface area contributed by atoms with E-state index in [-0.39, 0.29) is 17.9 Å². The Hall–Kier alpha value is -4.00. The van der Waals surface area contributed by atoms with Gasteiger partial charge in [0.15, 0.2) is 0 Å². The van der Waals surface area contributed by atoms with Crippen molar-refractivity contribution >= 4 is 22.6 Å². The van der Waals surface area contributed by atoms with Gasteiger partial charge in [-0.3, -0.25) is 19.3 Å². The van der Waals surface area contributed by atoms with E-state index < -0.39 is 0 Å². The molecule has 0 aliphatic heterocycles. The lowest BCUT2D eigenvalue weighted by Gasteiger charge is -2.29. The van der Waals surface area contributed by atoms with E-state index in [1.807, 2.05) is 63.4 Å². The van der Waals surface area contributed by atoms with Crippen LogP contribution in [0.3, 0.4) is 0 Å². The summed E-state index contributed by atoms with van der Waals surface area (Å²) in [5.74, 6) is -0.237. The summed E-state index contributed by atoms with van der Waals surface area (Å²) in [5, 5.41) is 9.19. The topological polar surface area (TPSA) is 80.1 Å². The van der Waals surface area contributed by atoms with Gasteiger partial charge in [0.25, 0.3) is 11.8 Å². The second kappa shape index (κ2) is 11.0. The fraction of sp³-hybridized carbons (Fsp3) is 0.286. The number of hydrogen-bond acceptors (Lipinski definition) is 4. The van der Waals surface area contributed by atoms with Gasteiger partial charge in [-0.05, 0) is 43.7 Å². The Labute approximate surface area is 205 Å². The molecule has 1 N–H and O–H groups in total. The van der Waals surface area contributed by atoms with Crippen LogP contribution >= 0.6 is 0 Å². The Morgan fingerprint density at radius 1 is 1.06 bits per heavy atom. The standard InChI is InChI=1S/C28H31N5O2/c1-4-33-26(16-20(2)31-33)27(34)30-15-14-23(17-21-10-6-5-7-11-21)32(3)28(35)25-19-29-18-22-12-8-9-13-24(22)25/h5-13,16,18-19,23H,4,14-15,17H2,1-3H3,(H,30,34)/t23-/m1/s1. The first-order valence-electron chi connectivity index (χ1n) is 11.9. The van der Waals surface area contributed by atoms with Crippen LogP contribution in [0.4, 0.5) is 0 Å². The summed E-state index contributed by atoms with van der Waals surface area (Å²) in [7, 11) is 1.83. The minimum atomic E-state index is -0.154. The fourth-order valence-corrected chi connectivity index (χ4v) is 4.37. The fourth-order valence-electron chi connectivity index (χ4n) is 4.37. The Balaban J connectivity index is 1.52. The average Bonchev–Trinajstić information content (AvgIpc) is 3.28. The van der Waals surface area contributed by atoms with Crippen molar-refractivity contribution in [3.63, 3.8) is 0 Å². The minimum absolute atomic E-state index is 0.0822. The molecule has 4 aromatic rings. The summed E-state index contributed by atoms with van der Waals surface area (Å²) >= 11 is 0. The second-order valence-electron chi connectivity index (χ2n) is 8.70. The van der Waals surface area contributed by atoms with E-state index in [4.69, 9.17) is 0 Å². The lowest BCUT2D eigenvalue weighted by molar-refractivity contribution is 0.0724. The van der Waals surface area contributed by atoms with Crippen molar-refractivity contribution in [1.29, 1.82) is 0 Å². The van der Waals surface area contributed by atoms with Crippen LogP contribution in [0.25, 0.3) is 10.8 Å². The maximum Gasteiger partial charge on any atom is 0.269 e. The highest BCUT2D eigenvalue weighted by Gasteiger charge is 2.24. The first-order chi connectivity index (χ1) is 17.0. The van der Waals surface area contributed by atoms with Gasteiger partial charge < -0.3 is 10.2 Å². The van der Waals surface area contributed by atoms with Crippen LogP contribution < -0.4 is 5.32 Å². The molecule has 180 valence electrons. The second-order valence-corrected chi connectivity index (χ2v) is 8.70. The number of aromatic nitrogens is 3. The zero-order chi connectivity index (χ0) is 24.8. The van der Waals surface area contributed by atoms with Crippen molar-refractivity contribution in [2.24, 2.45) is 0 Å². The molecular formula is C28H31N5O2. The Bertz CT molecular complexity index is 1310. The maximum absolute atomic E-state index is 13.6. The molecule has 2 heterocycles. The molecule has 7 heteroatoms. The molecule has 0 saturated heterocycles. The molecule has 0 saturated carbocycles. The van der Waals surface area contributed by atoms with Crippen molar-refractivity contribution < 1.29 is 9.59 Å². The van der Waals surface area contributed by atoms with Gasteiger partial charge in [-0.1, -0.05) is 54.6 Å². The Kier molecular flexibility index (Phi) is 7.55. The lowest BCUT2D eigenvalue weighted by atomic mass is 10.0. The normalized spacial score (nSPS) is 11.9. The van der Waals surface area contributed by atoms with Crippen LogP contribution in [-0.4, -0.2) is 51.1 Å². The number of aryl methyl sites for hydroxylation is 2. The minimum Gasteiger partial charge on any atom is -0.351 e. The lowest BCUT2D eigenvalue weighted by Crippen LogP contribution is -2.41. The third kappa shape index (κ3) is 5.57. The number of likely N-dealkylation sites (N-methyl/N-ethyl adjacent to an activating group) is 1. The van der Waals surface area contributed by atoms with Crippen LogP contribution in [0, 0.1) is 6.92 Å². The summed E-state index contributed by atoms with van der Waals surface area (Å²) in [4.78, 5) is 32.4. The number of rotatable bonds is 9. The van der Waals surface area contributed by atoms with E-state index in [0.717, 1.165) is 22.0 Å². The molecule has 0 radical (unpaired) electrons. The van der Waals surface area contributed by atoms with Crippen molar-refractivity contribution in [1.82, 2.24) is 25.0 Å². The first-order valence-corrected chi connectivity index (χ1v) is 11.9. The van der Waals surface area contributed by atoms with Crippen LogP contribution in [0.1, 0.15) is 45.4 Å². The van der Waals surface area contributed by atoms with Crippen LogP contribution in [0.15, 0.2) is 73.1 Å². The summed E-state index contributed by atoms with van der Waals surface area (Å²) in [6.45, 7) is 4.91. The highest BCUT2D eigenvalue weighted by molar-refractivity contribution is 6.06. The van der Waals surface area contributed by atoms with Gasteiger partial charge in [-0.25, -0.2) is 0 Å². The highest BCUT2D eigenvalue weighted by Crippen LogP contribution is 2.21. The molecule has 0 aliphatic rings. The molecule has 2 aromatic heterocycles. The van der Waals surface area contributed by atoms with E-state index in [2.05, 4.69) is 27.5 Å². The predicted octanol–water partition coefficient (Wildman–Crippen LogP) is 4.26. The monoisotopic (exact) mass is 469 g/mol. The van der Waals surface area contributed by atoms with Gasteiger partial charge in [-0.2, -0.15) is 5.10 Å². The smallest absolute Gasteiger partial charge is 0.269 e. The number of carbonyl (C=O) groups excluding carboxylic acids is 2. The van der Waals surface area contributed by atoms with Gasteiger partial charge in [0, 0.05) is 44.0 Å². The van der Waals surface area contributed by atoms with Gasteiger partial charge >= 0.3 is 0 Å². The van der Waals surface area contributed by atoms with E-state index in [0.29, 0.717) is 37.2 Å². The Morgan fingerprint density at radius 3 is 2.57 bits per heavy atom. The molecule has 0 unspecified atom stereocenters. The van der Waals surface area contributed by atoms with E-state index >= 15 is 0 Å². The summed E-state index contributed by atoms with van der Waals surface area (Å²) in [6.07, 6.45) is 4.70. The number of amides is 2. The molecule has 1 atom stereocenters. The molecule has 35 heavy (non-hydrogen) atoms. The van der Waals surface area contributed by atoms with Crippen molar-refractivity contribution in [2.75, 3.05) is 13.6 Å². The number of pyridine rings is 1. The van der Waals surface area contributed by atoms with Crippen LogP contribution in [-0.2, 0) is 13.0 Å². The molecule has 0 bridgehead atoms.